The van der Waals surface area contributed by atoms with Gasteiger partial charge in [0, 0.05) is 6.54 Å². The van der Waals surface area contributed by atoms with Crippen molar-refractivity contribution in [3.05, 3.63) is 35.9 Å². The molecule has 0 aliphatic rings. The Morgan fingerprint density at radius 2 is 1.87 bits per heavy atom. The maximum absolute atomic E-state index is 3.54. The smallest absolute Gasteiger partial charge is 0.0205 e. The number of nitrogens with one attached hydrogen (secondary N) is 1. The highest BCUT2D eigenvalue weighted by atomic mass is 14.9. The fraction of sp³-hybridized carbons (Fsp3) is 0.571. The van der Waals surface area contributed by atoms with Gasteiger partial charge in [-0.2, -0.15) is 0 Å². The summed E-state index contributed by atoms with van der Waals surface area (Å²) in [5, 5.41) is 3.54. The van der Waals surface area contributed by atoms with Crippen LogP contribution in [0.3, 0.4) is 0 Å². The average Bonchev–Trinajstić information content (AvgIpc) is 2.29. The van der Waals surface area contributed by atoms with Crippen LogP contribution in [0.25, 0.3) is 0 Å². The second kappa shape index (κ2) is 7.47. The van der Waals surface area contributed by atoms with Crippen molar-refractivity contribution in [3.8, 4) is 0 Å². The van der Waals surface area contributed by atoms with Gasteiger partial charge in [-0.25, -0.2) is 0 Å². The van der Waals surface area contributed by atoms with E-state index in [1.165, 1.54) is 24.8 Å². The number of hydrogen-bond donors (Lipinski definition) is 1. The van der Waals surface area contributed by atoms with Crippen LogP contribution in [0.4, 0.5) is 0 Å². The second-order valence-electron chi connectivity index (χ2n) is 4.18. The Morgan fingerprint density at radius 3 is 2.47 bits per heavy atom. The van der Waals surface area contributed by atoms with E-state index in [4.69, 9.17) is 0 Å². The Bertz CT molecular complexity index is 243. The van der Waals surface area contributed by atoms with Crippen LogP contribution in [-0.4, -0.2) is 6.54 Å². The maximum Gasteiger partial charge on any atom is 0.0205 e. The molecule has 15 heavy (non-hydrogen) atoms. The summed E-state index contributed by atoms with van der Waals surface area (Å²) in [6.45, 7) is 6.70. The van der Waals surface area contributed by atoms with Gasteiger partial charge in [0.05, 0.1) is 0 Å². The molecule has 1 unspecified atom stereocenters. The summed E-state index contributed by atoms with van der Waals surface area (Å²) in [7, 11) is 0. The van der Waals surface area contributed by atoms with Gasteiger partial charge in [0.15, 0.2) is 0 Å². The van der Waals surface area contributed by atoms with E-state index < -0.39 is 0 Å². The van der Waals surface area contributed by atoms with E-state index in [0.717, 1.165) is 19.0 Å². The van der Waals surface area contributed by atoms with Crippen LogP contribution >= 0.6 is 0 Å². The van der Waals surface area contributed by atoms with Crippen LogP contribution in [0.2, 0.25) is 0 Å². The van der Waals surface area contributed by atoms with Gasteiger partial charge in [0.2, 0.25) is 0 Å². The van der Waals surface area contributed by atoms with Gasteiger partial charge in [-0.3, -0.25) is 0 Å². The van der Waals surface area contributed by atoms with E-state index in [9.17, 15) is 0 Å². The molecule has 0 heterocycles. The van der Waals surface area contributed by atoms with Crippen LogP contribution in [0, 0.1) is 5.92 Å². The summed E-state index contributed by atoms with van der Waals surface area (Å²) in [4.78, 5) is 0. The molecule has 84 valence electrons. The van der Waals surface area contributed by atoms with Gasteiger partial charge < -0.3 is 5.32 Å². The van der Waals surface area contributed by atoms with Crippen molar-refractivity contribution in [1.82, 2.24) is 5.32 Å². The molecule has 1 rings (SSSR count). The molecule has 1 N–H and O–H groups in total. The van der Waals surface area contributed by atoms with Crippen molar-refractivity contribution in [2.45, 2.75) is 39.7 Å². The van der Waals surface area contributed by atoms with E-state index in [1.807, 2.05) is 0 Å². The van der Waals surface area contributed by atoms with E-state index in [1.54, 1.807) is 0 Å². The summed E-state index contributed by atoms with van der Waals surface area (Å²) in [6.07, 6.45) is 3.93. The average molecular weight is 205 g/mol. The Balaban J connectivity index is 2.20. The predicted molar refractivity (Wildman–Crippen MR) is 66.8 cm³/mol. The fourth-order valence-electron chi connectivity index (χ4n) is 1.88. The molecule has 0 aliphatic heterocycles. The molecule has 1 heteroatoms. The molecule has 0 spiro atoms. The lowest BCUT2D eigenvalue weighted by atomic mass is 10.0. The third-order valence-corrected chi connectivity index (χ3v) is 2.88. The lowest BCUT2D eigenvalue weighted by Crippen LogP contribution is -2.22. The zero-order valence-corrected chi connectivity index (χ0v) is 10.00. The third kappa shape index (κ3) is 4.98. The van der Waals surface area contributed by atoms with Crippen molar-refractivity contribution in [2.24, 2.45) is 5.92 Å². The Kier molecular flexibility index (Phi) is 6.10. The monoisotopic (exact) mass is 205 g/mol. The molecular weight excluding hydrogens is 182 g/mol. The van der Waals surface area contributed by atoms with Crippen LogP contribution in [0.15, 0.2) is 30.3 Å². The Labute approximate surface area is 93.9 Å². The molecular formula is C14H23N. The molecule has 0 saturated carbocycles. The molecule has 1 aromatic carbocycles. The molecule has 0 saturated heterocycles. The molecule has 0 amide bonds. The standard InChI is InChI=1S/C14H23N/c1-3-8-13(4-2)11-15-12-14-9-6-5-7-10-14/h5-7,9-10,13,15H,3-4,8,11-12H2,1-2H3. The Morgan fingerprint density at radius 1 is 1.13 bits per heavy atom. The normalized spacial score (nSPS) is 12.7. The second-order valence-corrected chi connectivity index (χ2v) is 4.18. The summed E-state index contributed by atoms with van der Waals surface area (Å²) in [5.41, 5.74) is 1.38. The summed E-state index contributed by atoms with van der Waals surface area (Å²) < 4.78 is 0. The molecule has 1 aromatic rings. The highest BCUT2D eigenvalue weighted by Gasteiger charge is 2.03. The van der Waals surface area contributed by atoms with Gasteiger partial charge in [-0.1, -0.05) is 57.0 Å². The van der Waals surface area contributed by atoms with Crippen molar-refractivity contribution >= 4 is 0 Å². The number of hydrogen-bond acceptors (Lipinski definition) is 1. The van der Waals surface area contributed by atoms with Crippen LogP contribution < -0.4 is 5.32 Å². The molecule has 0 aliphatic carbocycles. The summed E-state index contributed by atoms with van der Waals surface area (Å²) in [6, 6.07) is 10.6. The first-order chi connectivity index (χ1) is 7.36. The number of benzene rings is 1. The molecule has 0 bridgehead atoms. The van der Waals surface area contributed by atoms with Crippen molar-refractivity contribution in [2.75, 3.05) is 6.54 Å². The molecule has 0 radical (unpaired) electrons. The van der Waals surface area contributed by atoms with Crippen LogP contribution in [-0.2, 0) is 6.54 Å². The topological polar surface area (TPSA) is 12.0 Å². The van der Waals surface area contributed by atoms with Crippen LogP contribution in [0.1, 0.15) is 38.7 Å². The van der Waals surface area contributed by atoms with E-state index in [2.05, 4.69) is 49.5 Å². The zero-order chi connectivity index (χ0) is 10.9. The summed E-state index contributed by atoms with van der Waals surface area (Å²) in [5.74, 6) is 0.846. The summed E-state index contributed by atoms with van der Waals surface area (Å²) >= 11 is 0. The van der Waals surface area contributed by atoms with Gasteiger partial charge in [0.25, 0.3) is 0 Å². The highest BCUT2D eigenvalue weighted by molar-refractivity contribution is 5.14. The molecule has 0 fully saturated rings. The van der Waals surface area contributed by atoms with E-state index >= 15 is 0 Å². The Hall–Kier alpha value is -0.820. The minimum absolute atomic E-state index is 0.846. The highest BCUT2D eigenvalue weighted by Crippen LogP contribution is 2.09. The van der Waals surface area contributed by atoms with E-state index in [-0.39, 0.29) is 0 Å². The van der Waals surface area contributed by atoms with Crippen molar-refractivity contribution in [1.29, 1.82) is 0 Å². The quantitative estimate of drug-likeness (QED) is 0.717. The first kappa shape index (κ1) is 12.3. The fourth-order valence-corrected chi connectivity index (χ4v) is 1.88. The minimum Gasteiger partial charge on any atom is -0.312 e. The third-order valence-electron chi connectivity index (χ3n) is 2.88. The van der Waals surface area contributed by atoms with Gasteiger partial charge in [-0.05, 0) is 24.4 Å². The molecule has 1 nitrogen and oxygen atoms in total. The maximum atomic E-state index is 3.54. The first-order valence-electron chi connectivity index (χ1n) is 6.11. The SMILES string of the molecule is CCCC(CC)CNCc1ccccc1. The van der Waals surface area contributed by atoms with Crippen LogP contribution in [0.5, 0.6) is 0 Å². The van der Waals surface area contributed by atoms with Gasteiger partial charge in [-0.15, -0.1) is 0 Å². The minimum atomic E-state index is 0.846. The lowest BCUT2D eigenvalue weighted by molar-refractivity contribution is 0.428. The van der Waals surface area contributed by atoms with Gasteiger partial charge >= 0.3 is 0 Å². The molecule has 0 aromatic heterocycles. The largest absolute Gasteiger partial charge is 0.312 e. The zero-order valence-electron chi connectivity index (χ0n) is 10.00. The van der Waals surface area contributed by atoms with Gasteiger partial charge in [0.1, 0.15) is 0 Å². The van der Waals surface area contributed by atoms with E-state index in [0.29, 0.717) is 0 Å². The number of rotatable bonds is 7. The first-order valence-corrected chi connectivity index (χ1v) is 6.11. The molecule has 1 atom stereocenters. The predicted octanol–water partition coefficient (Wildman–Crippen LogP) is 3.60. The van der Waals surface area contributed by atoms with Crippen molar-refractivity contribution < 1.29 is 0 Å². The lowest BCUT2D eigenvalue weighted by Gasteiger charge is -2.14. The van der Waals surface area contributed by atoms with Crippen molar-refractivity contribution in [3.63, 3.8) is 0 Å².